The van der Waals surface area contributed by atoms with Crippen molar-refractivity contribution in [2.24, 2.45) is 0 Å². The average Bonchev–Trinajstić information content (AvgIpc) is 2.96. The number of nitrogens with one attached hydrogen (secondary N) is 1. The van der Waals surface area contributed by atoms with Crippen molar-refractivity contribution in [3.8, 4) is 0 Å². The molecular weight excluding hydrogens is 289 g/mol. The second-order valence-electron chi connectivity index (χ2n) is 4.76. The highest BCUT2D eigenvalue weighted by Gasteiger charge is 2.19. The molecule has 7 heteroatoms. The van der Waals surface area contributed by atoms with Gasteiger partial charge in [0.1, 0.15) is 5.82 Å². The van der Waals surface area contributed by atoms with E-state index in [9.17, 15) is 14.0 Å². The fourth-order valence-electron chi connectivity index (χ4n) is 2.02. The maximum atomic E-state index is 13.0. The van der Waals surface area contributed by atoms with E-state index in [1.165, 1.54) is 30.5 Å². The number of benzene rings is 1. The summed E-state index contributed by atoms with van der Waals surface area (Å²) < 4.78 is 14.6. The zero-order valence-electron chi connectivity index (χ0n) is 12.0. The van der Waals surface area contributed by atoms with E-state index in [2.05, 4.69) is 10.4 Å². The molecule has 0 aliphatic carbocycles. The molecule has 1 aromatic heterocycles. The molecule has 6 nitrogen and oxygen atoms in total. The molecule has 0 spiro atoms. The second kappa shape index (κ2) is 6.84. The summed E-state index contributed by atoms with van der Waals surface area (Å²) >= 11 is 0. The molecule has 1 aromatic carbocycles. The van der Waals surface area contributed by atoms with Crippen molar-refractivity contribution in [3.63, 3.8) is 0 Å². The van der Waals surface area contributed by atoms with Gasteiger partial charge in [0.05, 0.1) is 24.2 Å². The Hall–Kier alpha value is -2.70. The molecule has 0 radical (unpaired) electrons. The Kier molecular flexibility index (Phi) is 4.88. The molecular formula is C15H16FN3O3. The predicted molar refractivity (Wildman–Crippen MR) is 76.8 cm³/mol. The Morgan fingerprint density at radius 1 is 1.36 bits per heavy atom. The zero-order valence-corrected chi connectivity index (χ0v) is 12.0. The number of carboxylic acids is 1. The van der Waals surface area contributed by atoms with Crippen LogP contribution in [0.2, 0.25) is 0 Å². The van der Waals surface area contributed by atoms with Gasteiger partial charge in [0, 0.05) is 12.7 Å². The Balaban J connectivity index is 2.17. The van der Waals surface area contributed by atoms with E-state index >= 15 is 0 Å². The van der Waals surface area contributed by atoms with Crippen molar-refractivity contribution in [2.75, 3.05) is 0 Å². The van der Waals surface area contributed by atoms with Crippen LogP contribution in [0.1, 0.15) is 35.3 Å². The van der Waals surface area contributed by atoms with Crippen molar-refractivity contribution in [3.05, 3.63) is 53.6 Å². The minimum absolute atomic E-state index is 0.292. The van der Waals surface area contributed by atoms with Crippen LogP contribution in [0.4, 0.5) is 4.39 Å². The van der Waals surface area contributed by atoms with Crippen molar-refractivity contribution in [1.29, 1.82) is 0 Å². The summed E-state index contributed by atoms with van der Waals surface area (Å²) in [5.41, 5.74) is 0.874. The van der Waals surface area contributed by atoms with Gasteiger partial charge in [0.15, 0.2) is 0 Å². The highest BCUT2D eigenvalue weighted by Crippen LogP contribution is 2.18. The SMILES string of the molecule is CCn1cc(C(=O)NC(CC(=O)O)c2ccc(F)cc2)cn1. The molecule has 22 heavy (non-hydrogen) atoms. The number of hydrogen-bond acceptors (Lipinski definition) is 3. The smallest absolute Gasteiger partial charge is 0.305 e. The van der Waals surface area contributed by atoms with Gasteiger partial charge >= 0.3 is 5.97 Å². The second-order valence-corrected chi connectivity index (χ2v) is 4.76. The molecule has 0 fully saturated rings. The summed E-state index contributed by atoms with van der Waals surface area (Å²) in [6.07, 6.45) is 2.71. The molecule has 0 saturated heterocycles. The fourth-order valence-corrected chi connectivity index (χ4v) is 2.02. The molecule has 2 N–H and O–H groups in total. The first-order valence-electron chi connectivity index (χ1n) is 6.80. The lowest BCUT2D eigenvalue weighted by atomic mass is 10.0. The summed E-state index contributed by atoms with van der Waals surface area (Å²) in [5, 5.41) is 15.6. The summed E-state index contributed by atoms with van der Waals surface area (Å²) in [5.74, 6) is -1.90. The number of rotatable bonds is 6. The number of aliphatic carboxylic acids is 1. The fraction of sp³-hybridized carbons (Fsp3) is 0.267. The van der Waals surface area contributed by atoms with Crippen LogP contribution in [0.3, 0.4) is 0 Å². The number of carboxylic acid groups (broad SMARTS) is 1. The van der Waals surface area contributed by atoms with Crippen LogP contribution in [0.5, 0.6) is 0 Å². The van der Waals surface area contributed by atoms with Gasteiger partial charge in [-0.1, -0.05) is 12.1 Å². The number of carbonyl (C=O) groups is 2. The lowest BCUT2D eigenvalue weighted by Gasteiger charge is -2.17. The summed E-state index contributed by atoms with van der Waals surface area (Å²) in [4.78, 5) is 23.2. The van der Waals surface area contributed by atoms with E-state index in [1.807, 2.05) is 6.92 Å². The number of nitrogens with zero attached hydrogens (tertiary/aromatic N) is 2. The molecule has 0 aliphatic heterocycles. The van der Waals surface area contributed by atoms with E-state index in [4.69, 9.17) is 5.11 Å². The van der Waals surface area contributed by atoms with Crippen molar-refractivity contribution in [2.45, 2.75) is 25.9 Å². The lowest BCUT2D eigenvalue weighted by molar-refractivity contribution is -0.137. The van der Waals surface area contributed by atoms with Gasteiger partial charge in [-0.05, 0) is 24.6 Å². The third-order valence-corrected chi connectivity index (χ3v) is 3.18. The molecule has 2 rings (SSSR count). The van der Waals surface area contributed by atoms with Gasteiger partial charge < -0.3 is 10.4 Å². The van der Waals surface area contributed by atoms with Crippen LogP contribution >= 0.6 is 0 Å². The molecule has 1 unspecified atom stereocenters. The number of amides is 1. The third kappa shape index (κ3) is 3.91. The number of carbonyl (C=O) groups excluding carboxylic acids is 1. The van der Waals surface area contributed by atoms with Gasteiger partial charge in [0.2, 0.25) is 0 Å². The lowest BCUT2D eigenvalue weighted by Crippen LogP contribution is -2.30. The molecule has 0 bridgehead atoms. The average molecular weight is 305 g/mol. The van der Waals surface area contributed by atoms with E-state index in [0.29, 0.717) is 17.7 Å². The monoisotopic (exact) mass is 305 g/mol. The van der Waals surface area contributed by atoms with Gasteiger partial charge in [0.25, 0.3) is 5.91 Å². The molecule has 0 aliphatic rings. The molecule has 1 amide bonds. The van der Waals surface area contributed by atoms with Crippen LogP contribution in [-0.2, 0) is 11.3 Å². The minimum atomic E-state index is -1.06. The van der Waals surface area contributed by atoms with Crippen LogP contribution in [-0.4, -0.2) is 26.8 Å². The standard InChI is InChI=1S/C15H16FN3O3/c1-2-19-9-11(8-17-19)15(22)18-13(7-14(20)21)10-3-5-12(16)6-4-10/h3-6,8-9,13H,2,7H2,1H3,(H,18,22)(H,20,21). The third-order valence-electron chi connectivity index (χ3n) is 3.18. The molecule has 116 valence electrons. The maximum Gasteiger partial charge on any atom is 0.305 e. The minimum Gasteiger partial charge on any atom is -0.481 e. The van der Waals surface area contributed by atoms with Gasteiger partial charge in [-0.3, -0.25) is 14.3 Å². The van der Waals surface area contributed by atoms with Gasteiger partial charge in [-0.2, -0.15) is 5.10 Å². The quantitative estimate of drug-likeness (QED) is 0.855. The number of halogens is 1. The number of aromatic nitrogens is 2. The molecule has 1 atom stereocenters. The zero-order chi connectivity index (χ0) is 16.1. The van der Waals surface area contributed by atoms with E-state index in [1.54, 1.807) is 10.9 Å². The van der Waals surface area contributed by atoms with Crippen molar-refractivity contribution in [1.82, 2.24) is 15.1 Å². The Bertz CT molecular complexity index is 667. The van der Waals surface area contributed by atoms with E-state index < -0.39 is 23.7 Å². The van der Waals surface area contributed by atoms with E-state index in [0.717, 1.165) is 0 Å². The maximum absolute atomic E-state index is 13.0. The summed E-state index contributed by atoms with van der Waals surface area (Å²) in [6, 6.07) is 4.63. The normalized spacial score (nSPS) is 11.9. The first kappa shape index (κ1) is 15.7. The van der Waals surface area contributed by atoms with Crippen LogP contribution in [0.15, 0.2) is 36.7 Å². The molecule has 2 aromatic rings. The molecule has 0 saturated carbocycles. The van der Waals surface area contributed by atoms with Gasteiger partial charge in [-0.15, -0.1) is 0 Å². The van der Waals surface area contributed by atoms with Crippen LogP contribution in [0.25, 0.3) is 0 Å². The van der Waals surface area contributed by atoms with E-state index in [-0.39, 0.29) is 6.42 Å². The van der Waals surface area contributed by atoms with Crippen molar-refractivity contribution < 1.29 is 19.1 Å². The van der Waals surface area contributed by atoms with Crippen molar-refractivity contribution >= 4 is 11.9 Å². The van der Waals surface area contributed by atoms with Crippen LogP contribution < -0.4 is 5.32 Å². The number of aryl methyl sites for hydroxylation is 1. The largest absolute Gasteiger partial charge is 0.481 e. The van der Waals surface area contributed by atoms with Gasteiger partial charge in [-0.25, -0.2) is 4.39 Å². The number of hydrogen-bond donors (Lipinski definition) is 2. The Morgan fingerprint density at radius 2 is 2.05 bits per heavy atom. The highest BCUT2D eigenvalue weighted by atomic mass is 19.1. The summed E-state index contributed by atoms with van der Waals surface area (Å²) in [6.45, 7) is 2.52. The molecule has 1 heterocycles. The highest BCUT2D eigenvalue weighted by molar-refractivity contribution is 5.94. The predicted octanol–water partition coefficient (Wildman–Crippen LogP) is 1.99. The topological polar surface area (TPSA) is 84.2 Å². The van der Waals surface area contributed by atoms with Crippen LogP contribution in [0, 0.1) is 5.82 Å². The first-order valence-corrected chi connectivity index (χ1v) is 6.80. The Labute approximate surface area is 126 Å². The Morgan fingerprint density at radius 3 is 2.59 bits per heavy atom. The first-order chi connectivity index (χ1) is 10.5. The summed E-state index contributed by atoms with van der Waals surface area (Å²) in [7, 11) is 0.